The molecule has 8 heterocycles. The number of nitrogens with one attached hydrogen (secondary N) is 1. The number of alkyl halides is 1. The van der Waals surface area contributed by atoms with Gasteiger partial charge in [0.15, 0.2) is 71.7 Å². The van der Waals surface area contributed by atoms with E-state index in [4.69, 9.17) is 102 Å². The first kappa shape index (κ1) is 75.0. The van der Waals surface area contributed by atoms with Gasteiger partial charge in [-0.05, 0) is 112 Å². The number of rotatable bonds is 12. The van der Waals surface area contributed by atoms with Crippen LogP contribution in [0.2, 0.25) is 30.8 Å². The monoisotopic (exact) mass is 1470 g/mol. The quantitative estimate of drug-likeness (QED) is 0.0443. The predicted octanol–water partition coefficient (Wildman–Crippen LogP) is 12.4. The lowest BCUT2D eigenvalue weighted by Crippen LogP contribution is -2.18. The number of benzene rings is 2. The minimum absolute atomic E-state index is 0. The summed E-state index contributed by atoms with van der Waals surface area (Å²) in [5.41, 5.74) is 16.5. The van der Waals surface area contributed by atoms with E-state index in [2.05, 4.69) is 100.0 Å². The number of halogens is 9. The van der Waals surface area contributed by atoms with Crippen LogP contribution in [0.15, 0.2) is 112 Å². The Balaban J connectivity index is 0.000000280. The maximum Gasteiger partial charge on any atom is 0.179 e. The Labute approximate surface area is 556 Å². The molecule has 10 rings (SSSR count). The second-order valence-corrected chi connectivity index (χ2v) is 21.7. The molecule has 0 saturated heterocycles. The predicted molar refractivity (Wildman–Crippen MR) is 351 cm³/mol. The van der Waals surface area contributed by atoms with E-state index in [1.54, 1.807) is 44.6 Å². The number of aldehydes is 1. The number of imidazole rings is 3. The molecule has 0 aliphatic heterocycles. The number of anilines is 3. The number of hydrogen-bond acceptors (Lipinski definition) is 21. The average molecular weight is 1480 g/mol. The van der Waals surface area contributed by atoms with Crippen molar-refractivity contribution in [2.45, 2.75) is 53.6 Å². The maximum atomic E-state index is 11.7. The SMILES string of the molecule is C.CC(=O)C(Cl)C=O.CC(=O)c1cnc2c(Br)cc(Cl)nn12.CC(=O)c1cnc2c(Cl)cc(Cl)nn12.CNCc1ccc(OC)cc1.COc1ccc(CN(C)c2cc(Cl)nn3c(C(C)=O)cnc23)cc1.Nc1ccc(Cl)nn1.Nc1nnc(Cl)cc1Br. The molecule has 88 heavy (non-hydrogen) atoms. The Bertz CT molecular complexity index is 3840. The fourth-order valence-electron chi connectivity index (χ4n) is 6.55. The van der Waals surface area contributed by atoms with Crippen LogP contribution in [0.1, 0.15) is 77.7 Å². The molecule has 0 radical (unpaired) electrons. The molecule has 2 aromatic carbocycles. The Kier molecular flexibility index (Phi) is 31.5. The molecule has 0 saturated carbocycles. The summed E-state index contributed by atoms with van der Waals surface area (Å²) in [6.45, 7) is 7.20. The van der Waals surface area contributed by atoms with Gasteiger partial charge in [-0.25, -0.2) is 28.5 Å². The first-order chi connectivity index (χ1) is 41.2. The van der Waals surface area contributed by atoms with Gasteiger partial charge < -0.3 is 36.0 Å². The average Bonchev–Trinajstić information content (AvgIpc) is 1.92. The van der Waals surface area contributed by atoms with Crippen LogP contribution < -0.4 is 31.2 Å². The highest BCUT2D eigenvalue weighted by molar-refractivity contribution is 9.11. The van der Waals surface area contributed by atoms with Gasteiger partial charge in [-0.1, -0.05) is 101 Å². The smallest absolute Gasteiger partial charge is 0.179 e. The molecule has 10 aromatic rings. The van der Waals surface area contributed by atoms with Gasteiger partial charge in [-0.3, -0.25) is 19.2 Å². The van der Waals surface area contributed by atoms with Gasteiger partial charge >= 0.3 is 0 Å². The zero-order valence-corrected chi connectivity index (χ0v) is 55.5. The van der Waals surface area contributed by atoms with Crippen LogP contribution >= 0.6 is 113 Å². The number of methoxy groups -OCH3 is 2. The number of nitrogens with two attached hydrogens (primary N) is 2. The van der Waals surface area contributed by atoms with E-state index < -0.39 is 5.38 Å². The van der Waals surface area contributed by atoms with Crippen molar-refractivity contribution in [3.63, 3.8) is 0 Å². The molecule has 0 amide bonds. The number of ether oxygens (including phenoxy) is 2. The van der Waals surface area contributed by atoms with Crippen LogP contribution in [0.5, 0.6) is 11.5 Å². The van der Waals surface area contributed by atoms with Crippen molar-refractivity contribution in [1.82, 2.24) is 69.5 Å². The van der Waals surface area contributed by atoms with Crippen LogP contribution in [-0.2, 0) is 22.7 Å². The zero-order valence-electron chi connectivity index (χ0n) is 47.1. The second-order valence-electron chi connectivity index (χ2n) is 17.2. The fourth-order valence-corrected chi connectivity index (χ4v) is 8.68. The van der Waals surface area contributed by atoms with Crippen LogP contribution in [0.4, 0.5) is 17.3 Å². The van der Waals surface area contributed by atoms with E-state index in [0.29, 0.717) is 93.1 Å². The summed E-state index contributed by atoms with van der Waals surface area (Å²) in [6, 6.07) is 25.5. The Morgan fingerprint density at radius 1 is 0.602 bits per heavy atom. The van der Waals surface area contributed by atoms with E-state index in [0.717, 1.165) is 29.3 Å². The number of nitrogen functional groups attached to an aromatic ring is 2. The number of fused-ring (bicyclic) bond motifs is 3. The maximum absolute atomic E-state index is 11.7. The lowest BCUT2D eigenvalue weighted by Gasteiger charge is -2.20. The Morgan fingerprint density at radius 2 is 1.05 bits per heavy atom. The number of carbonyl (C=O) groups is 5. The molecular weight excluding hydrogens is 1420 g/mol. The molecule has 0 spiro atoms. The lowest BCUT2D eigenvalue weighted by atomic mass is 10.2. The first-order valence-corrected chi connectivity index (χ1v) is 28.9. The van der Waals surface area contributed by atoms with Gasteiger partial charge in [0.2, 0.25) is 0 Å². The highest BCUT2D eigenvalue weighted by Gasteiger charge is 2.17. The summed E-state index contributed by atoms with van der Waals surface area (Å²) in [6.07, 6.45) is 4.83. The van der Waals surface area contributed by atoms with E-state index in [1.165, 1.54) is 71.5 Å². The van der Waals surface area contributed by atoms with Crippen molar-refractivity contribution in [3.05, 3.63) is 171 Å². The Hall–Kier alpha value is -7.24. The third kappa shape index (κ3) is 23.0. The van der Waals surface area contributed by atoms with E-state index >= 15 is 0 Å². The molecule has 24 nitrogen and oxygen atoms in total. The molecule has 0 bridgehead atoms. The topological polar surface area (TPSA) is 313 Å². The molecule has 1 unspecified atom stereocenters. The highest BCUT2D eigenvalue weighted by Crippen LogP contribution is 2.27. The molecule has 1 atom stereocenters. The number of carbonyl (C=O) groups excluding carboxylic acids is 5. The second kappa shape index (κ2) is 36.9. The fraction of sp³-hybridized carbons (Fsp3) is 0.218. The molecule has 8 aromatic heterocycles. The summed E-state index contributed by atoms with van der Waals surface area (Å²) in [5.74, 6) is 1.80. The van der Waals surface area contributed by atoms with Crippen molar-refractivity contribution in [3.8, 4) is 11.5 Å². The number of aromatic nitrogens is 13. The van der Waals surface area contributed by atoms with E-state index in [-0.39, 0.29) is 35.7 Å². The van der Waals surface area contributed by atoms with Crippen molar-refractivity contribution >= 4 is 177 Å². The largest absolute Gasteiger partial charge is 0.497 e. The van der Waals surface area contributed by atoms with Crippen molar-refractivity contribution in [2.24, 2.45) is 0 Å². The van der Waals surface area contributed by atoms with E-state index in [9.17, 15) is 24.0 Å². The minimum Gasteiger partial charge on any atom is -0.497 e. The number of Topliss-reactive ketones (excluding diaryl/α,β-unsaturated/α-hetero) is 4. The Morgan fingerprint density at radius 3 is 1.47 bits per heavy atom. The van der Waals surface area contributed by atoms with Gasteiger partial charge in [-0.15, -0.1) is 32.0 Å². The standard InChI is InChI=1S/C17H17ClN4O2.C9H13NO.C8H5BrClN3O.C8H5Cl2N3O.C4H3BrClN3.C4H4ClN3.C4H5ClO2.CH4/c1-11(23)15-9-19-17-14(8-16(18)20-22(15)17)21(2)10-12-4-6-13(24-3)7-5-12;1-10-7-8-3-5-9(11-2)6-4-8;2*1-4(14)6-3-11-8-5(9)2-7(10)12-13(6)8;5-2-1-3(6)8-9-4(2)7;5-3-1-2-4(6)8-7-3;1-3(7)4(5)2-6;/h4-9H,10H2,1-3H3;3-6,10H,7H2,1-2H3;2*2-3H,1H3;1H,(H2,7,9);1-2H,(H2,6,8);2,4H,1H3;1H4. The zero-order chi connectivity index (χ0) is 64.7. The minimum atomic E-state index is -0.944. The van der Waals surface area contributed by atoms with Crippen molar-refractivity contribution in [2.75, 3.05) is 44.7 Å². The summed E-state index contributed by atoms with van der Waals surface area (Å²) in [4.78, 5) is 68.0. The molecule has 5 N–H and O–H groups in total. The summed E-state index contributed by atoms with van der Waals surface area (Å²) in [7, 11) is 7.19. The van der Waals surface area contributed by atoms with Gasteiger partial charge in [0, 0.05) is 47.0 Å². The third-order valence-corrected chi connectivity index (χ3v) is 13.6. The summed E-state index contributed by atoms with van der Waals surface area (Å²) < 4.78 is 15.8. The van der Waals surface area contributed by atoms with Crippen LogP contribution in [0.3, 0.4) is 0 Å². The normalized spacial score (nSPS) is 10.4. The van der Waals surface area contributed by atoms with Crippen molar-refractivity contribution in [1.29, 1.82) is 0 Å². The van der Waals surface area contributed by atoms with Gasteiger partial charge in [0.1, 0.15) is 46.1 Å². The van der Waals surface area contributed by atoms with Crippen molar-refractivity contribution < 1.29 is 33.4 Å². The third-order valence-electron chi connectivity index (χ3n) is 10.7. The number of ketones is 4. The highest BCUT2D eigenvalue weighted by atomic mass is 79.9. The van der Waals surface area contributed by atoms with Crippen LogP contribution in [0.25, 0.3) is 16.9 Å². The first-order valence-electron chi connectivity index (χ1n) is 24.6. The van der Waals surface area contributed by atoms with Crippen LogP contribution in [0, 0.1) is 0 Å². The van der Waals surface area contributed by atoms with E-state index in [1.807, 2.05) is 55.4 Å². The number of hydrogen-bond donors (Lipinski definition) is 3. The molecule has 466 valence electrons. The van der Waals surface area contributed by atoms with Gasteiger partial charge in [-0.2, -0.15) is 15.3 Å². The summed E-state index contributed by atoms with van der Waals surface area (Å²) in [5, 5.41) is 30.1. The molecule has 33 heteroatoms. The summed E-state index contributed by atoms with van der Waals surface area (Å²) >= 11 is 45.8. The number of nitrogens with zero attached hydrogens (tertiary/aromatic N) is 14. The molecule has 0 aliphatic carbocycles. The van der Waals surface area contributed by atoms with Gasteiger partial charge in [0.25, 0.3) is 0 Å². The molecule has 0 aliphatic rings. The molecule has 0 fully saturated rings. The van der Waals surface area contributed by atoms with Gasteiger partial charge in [0.05, 0.1) is 52.5 Å². The van der Waals surface area contributed by atoms with Crippen LogP contribution in [-0.4, -0.2) is 127 Å². The lowest BCUT2D eigenvalue weighted by molar-refractivity contribution is -0.120. The molecular formula is C55H56Br2Cl7N17O7.